The van der Waals surface area contributed by atoms with E-state index in [1.807, 2.05) is 23.1 Å². The highest BCUT2D eigenvalue weighted by Crippen LogP contribution is 2.42. The van der Waals surface area contributed by atoms with E-state index in [0.717, 1.165) is 41.8 Å². The van der Waals surface area contributed by atoms with Crippen LogP contribution in [0.1, 0.15) is 48.8 Å². The van der Waals surface area contributed by atoms with Crippen LogP contribution in [0.2, 0.25) is 5.02 Å². The van der Waals surface area contributed by atoms with Crippen LogP contribution in [0.5, 0.6) is 5.75 Å². The van der Waals surface area contributed by atoms with Crippen molar-refractivity contribution in [2.45, 2.75) is 50.4 Å². The van der Waals surface area contributed by atoms with Crippen molar-refractivity contribution in [3.8, 4) is 11.4 Å². The lowest BCUT2D eigenvalue weighted by molar-refractivity contribution is 0.162. The maximum atomic E-state index is 14.6. The molecule has 0 radical (unpaired) electrons. The number of anilines is 1. The number of rotatable bonds is 5. The highest BCUT2D eigenvalue weighted by Gasteiger charge is 2.45. The number of fused-ring (bicyclic) bond motifs is 3. The van der Waals surface area contributed by atoms with Gasteiger partial charge in [0.1, 0.15) is 17.3 Å². The molecule has 2 aliphatic heterocycles. The van der Waals surface area contributed by atoms with Gasteiger partial charge in [-0.2, -0.15) is 0 Å². The second-order valence-corrected chi connectivity index (χ2v) is 10.5. The SMILES string of the molecule is COc1cc(N2CCC(c3nnc4n3-c3ccc(Cl)cc3CN(CC3(F)CC3)C4)CC2)c(F)cc1F. The third-order valence-corrected chi connectivity index (χ3v) is 7.75. The maximum Gasteiger partial charge on any atom is 0.168 e. The van der Waals surface area contributed by atoms with Crippen LogP contribution in [-0.2, 0) is 13.1 Å². The van der Waals surface area contributed by atoms with E-state index in [9.17, 15) is 13.2 Å². The van der Waals surface area contributed by atoms with E-state index in [1.54, 1.807) is 0 Å². The summed E-state index contributed by atoms with van der Waals surface area (Å²) in [5, 5.41) is 9.74. The molecular weight excluding hydrogens is 491 g/mol. The van der Waals surface area contributed by atoms with Gasteiger partial charge in [0.25, 0.3) is 0 Å². The van der Waals surface area contributed by atoms with Crippen LogP contribution < -0.4 is 9.64 Å². The molecule has 0 N–H and O–H groups in total. The third-order valence-electron chi connectivity index (χ3n) is 7.52. The van der Waals surface area contributed by atoms with Gasteiger partial charge in [0.15, 0.2) is 17.4 Å². The van der Waals surface area contributed by atoms with Gasteiger partial charge >= 0.3 is 0 Å². The first-order valence-electron chi connectivity index (χ1n) is 12.3. The number of benzene rings is 2. The molecule has 6 rings (SSSR count). The Balaban J connectivity index is 1.27. The molecule has 1 aliphatic carbocycles. The Hall–Kier alpha value is -2.78. The first-order valence-corrected chi connectivity index (χ1v) is 12.6. The summed E-state index contributed by atoms with van der Waals surface area (Å²) in [5.74, 6) is 0.459. The summed E-state index contributed by atoms with van der Waals surface area (Å²) < 4.78 is 50.2. The third kappa shape index (κ3) is 4.32. The highest BCUT2D eigenvalue weighted by molar-refractivity contribution is 6.30. The van der Waals surface area contributed by atoms with Crippen molar-refractivity contribution in [2.75, 3.05) is 31.6 Å². The van der Waals surface area contributed by atoms with Gasteiger partial charge in [0.2, 0.25) is 0 Å². The van der Waals surface area contributed by atoms with Gasteiger partial charge in [-0.15, -0.1) is 10.2 Å². The second kappa shape index (κ2) is 8.95. The molecule has 190 valence electrons. The standard InChI is InChI=1S/C26H27ClF3N5O/c1-36-23-12-22(19(28)11-20(23)29)34-8-4-16(5-9-34)25-32-31-24-14-33(15-26(30)6-7-26)13-17-10-18(27)2-3-21(17)35(24)25/h2-3,10-12,16H,4-9,13-15H2,1H3. The number of methoxy groups -OCH3 is 1. The number of hydrogen-bond donors (Lipinski definition) is 0. The summed E-state index contributed by atoms with van der Waals surface area (Å²) in [7, 11) is 1.37. The Labute approximate surface area is 212 Å². The molecule has 0 bridgehead atoms. The number of halogens is 4. The molecule has 0 unspecified atom stereocenters. The van der Waals surface area contributed by atoms with Crippen molar-refractivity contribution in [1.29, 1.82) is 0 Å². The number of alkyl halides is 1. The number of hydrogen-bond acceptors (Lipinski definition) is 5. The van der Waals surface area contributed by atoms with Crippen molar-refractivity contribution in [1.82, 2.24) is 19.7 Å². The van der Waals surface area contributed by atoms with Crippen molar-refractivity contribution in [2.24, 2.45) is 0 Å². The number of piperidine rings is 1. The Kier molecular flexibility index (Phi) is 5.87. The van der Waals surface area contributed by atoms with Gasteiger partial charge in [0.05, 0.1) is 25.0 Å². The zero-order valence-electron chi connectivity index (χ0n) is 20.0. The molecule has 0 spiro atoms. The molecule has 10 heteroatoms. The normalized spacial score (nSPS) is 19.5. The monoisotopic (exact) mass is 517 g/mol. The molecule has 6 nitrogen and oxygen atoms in total. The van der Waals surface area contributed by atoms with Crippen molar-refractivity contribution in [3.63, 3.8) is 0 Å². The summed E-state index contributed by atoms with van der Waals surface area (Å²) in [6, 6.07) is 8.06. The Morgan fingerprint density at radius 1 is 1.03 bits per heavy atom. The first-order chi connectivity index (χ1) is 17.3. The summed E-state index contributed by atoms with van der Waals surface area (Å²) in [6.45, 7) is 2.64. The topological polar surface area (TPSA) is 46.4 Å². The number of aromatic nitrogens is 3. The first kappa shape index (κ1) is 23.6. The van der Waals surface area contributed by atoms with E-state index in [1.165, 1.54) is 13.2 Å². The van der Waals surface area contributed by atoms with E-state index in [-0.39, 0.29) is 11.7 Å². The molecule has 3 aliphatic rings. The summed E-state index contributed by atoms with van der Waals surface area (Å²) in [6.07, 6.45) is 2.67. The zero-order valence-corrected chi connectivity index (χ0v) is 20.7. The van der Waals surface area contributed by atoms with Crippen molar-refractivity contribution < 1.29 is 17.9 Å². The smallest absolute Gasteiger partial charge is 0.168 e. The Bertz CT molecular complexity index is 1300. The lowest BCUT2D eigenvalue weighted by Gasteiger charge is -2.33. The lowest BCUT2D eigenvalue weighted by Crippen LogP contribution is -2.34. The lowest BCUT2D eigenvalue weighted by atomic mass is 9.95. The zero-order chi connectivity index (χ0) is 25.0. The van der Waals surface area contributed by atoms with E-state index in [0.29, 0.717) is 56.3 Å². The molecular formula is C26H27ClF3N5O. The van der Waals surface area contributed by atoms with Crippen LogP contribution >= 0.6 is 11.6 Å². The molecule has 1 aromatic heterocycles. The van der Waals surface area contributed by atoms with Crippen molar-refractivity contribution >= 4 is 17.3 Å². The van der Waals surface area contributed by atoms with Crippen LogP contribution in [0.25, 0.3) is 5.69 Å². The molecule has 2 fully saturated rings. The van der Waals surface area contributed by atoms with E-state index in [2.05, 4.69) is 19.7 Å². The molecule has 0 atom stereocenters. The van der Waals surface area contributed by atoms with Gasteiger partial charge in [0, 0.05) is 49.3 Å². The largest absolute Gasteiger partial charge is 0.494 e. The Morgan fingerprint density at radius 3 is 2.53 bits per heavy atom. The van der Waals surface area contributed by atoms with Gasteiger partial charge < -0.3 is 9.64 Å². The van der Waals surface area contributed by atoms with E-state index in [4.69, 9.17) is 16.3 Å². The molecule has 3 aromatic rings. The van der Waals surface area contributed by atoms with Gasteiger partial charge in [-0.05, 0) is 49.4 Å². The number of nitrogens with zero attached hydrogens (tertiary/aromatic N) is 5. The van der Waals surface area contributed by atoms with Gasteiger partial charge in [-0.1, -0.05) is 11.6 Å². The molecule has 0 amide bonds. The predicted molar refractivity (Wildman–Crippen MR) is 131 cm³/mol. The van der Waals surface area contributed by atoms with Crippen LogP contribution in [0.4, 0.5) is 18.9 Å². The minimum Gasteiger partial charge on any atom is -0.494 e. The molecule has 3 heterocycles. The van der Waals surface area contributed by atoms with Crippen molar-refractivity contribution in [3.05, 3.63) is 64.2 Å². The van der Waals surface area contributed by atoms with Crippen LogP contribution in [-0.4, -0.2) is 52.1 Å². The van der Waals surface area contributed by atoms with Gasteiger partial charge in [-0.25, -0.2) is 13.2 Å². The molecule has 1 saturated carbocycles. The fourth-order valence-electron chi connectivity index (χ4n) is 5.46. The minimum absolute atomic E-state index is 0.0254. The highest BCUT2D eigenvalue weighted by atomic mass is 35.5. The van der Waals surface area contributed by atoms with Crippen LogP contribution in [0, 0.1) is 11.6 Å². The molecule has 36 heavy (non-hydrogen) atoms. The van der Waals surface area contributed by atoms with Crippen LogP contribution in [0.15, 0.2) is 30.3 Å². The second-order valence-electron chi connectivity index (χ2n) is 10.1. The molecule has 2 aromatic carbocycles. The summed E-state index contributed by atoms with van der Waals surface area (Å²) in [4.78, 5) is 4.01. The fraction of sp³-hybridized carbons (Fsp3) is 0.462. The van der Waals surface area contributed by atoms with Crippen LogP contribution in [0.3, 0.4) is 0 Å². The minimum atomic E-state index is -1.11. The average Bonchev–Trinajstić information content (AvgIpc) is 3.48. The van der Waals surface area contributed by atoms with E-state index < -0.39 is 17.3 Å². The molecule has 1 saturated heterocycles. The van der Waals surface area contributed by atoms with E-state index >= 15 is 0 Å². The average molecular weight is 518 g/mol. The quantitative estimate of drug-likeness (QED) is 0.453. The number of ether oxygens (including phenoxy) is 1. The summed E-state index contributed by atoms with van der Waals surface area (Å²) >= 11 is 6.33. The summed E-state index contributed by atoms with van der Waals surface area (Å²) in [5.41, 5.74) is 1.21. The Morgan fingerprint density at radius 2 is 1.81 bits per heavy atom. The maximum absolute atomic E-state index is 14.6. The predicted octanol–water partition coefficient (Wildman–Crippen LogP) is 5.41. The van der Waals surface area contributed by atoms with Gasteiger partial charge in [-0.3, -0.25) is 9.47 Å². The fourth-order valence-corrected chi connectivity index (χ4v) is 5.65.